The third-order valence-electron chi connectivity index (χ3n) is 3.27. The fourth-order valence-corrected chi connectivity index (χ4v) is 2.40. The number of hydrogen-bond acceptors (Lipinski definition) is 3. The average molecular weight is 306 g/mol. The summed E-state index contributed by atoms with van der Waals surface area (Å²) in [5.74, 6) is 0.0451. The number of pyridine rings is 1. The molecule has 1 fully saturated rings. The topological polar surface area (TPSA) is 59.2 Å². The quantitative estimate of drug-likeness (QED) is 0.932. The van der Waals surface area contributed by atoms with Crippen LogP contribution in [0, 0.1) is 0 Å². The van der Waals surface area contributed by atoms with E-state index in [2.05, 4.69) is 4.98 Å². The second-order valence-corrected chi connectivity index (χ2v) is 4.44. The lowest BCUT2D eigenvalue weighted by molar-refractivity contribution is 0.0599. The Labute approximate surface area is 126 Å². The van der Waals surface area contributed by atoms with Crippen molar-refractivity contribution in [3.8, 4) is 0 Å². The van der Waals surface area contributed by atoms with E-state index in [0.717, 1.165) is 25.8 Å². The van der Waals surface area contributed by atoms with E-state index in [9.17, 15) is 4.79 Å². The van der Waals surface area contributed by atoms with Gasteiger partial charge in [0.15, 0.2) is 0 Å². The van der Waals surface area contributed by atoms with Gasteiger partial charge in [-0.05, 0) is 44.4 Å². The zero-order chi connectivity index (χ0) is 12.1. The number of piperidine rings is 1. The van der Waals surface area contributed by atoms with Gasteiger partial charge in [0.2, 0.25) is 0 Å². The smallest absolute Gasteiger partial charge is 0.272 e. The molecular formula is C13H21Cl2N3O. The minimum absolute atomic E-state index is 0. The van der Waals surface area contributed by atoms with E-state index >= 15 is 0 Å². The Morgan fingerprint density at radius 3 is 2.79 bits per heavy atom. The number of carbonyl (C=O) groups is 1. The van der Waals surface area contributed by atoms with Crippen molar-refractivity contribution < 1.29 is 4.79 Å². The van der Waals surface area contributed by atoms with Crippen LogP contribution in [-0.2, 0) is 0 Å². The molecule has 6 heteroatoms. The van der Waals surface area contributed by atoms with Gasteiger partial charge in [0.25, 0.3) is 5.91 Å². The maximum atomic E-state index is 12.3. The molecule has 0 aromatic carbocycles. The lowest BCUT2D eigenvalue weighted by Crippen LogP contribution is -2.44. The molecule has 19 heavy (non-hydrogen) atoms. The lowest BCUT2D eigenvalue weighted by Gasteiger charge is -2.35. The molecule has 0 saturated carbocycles. The fourth-order valence-electron chi connectivity index (χ4n) is 2.40. The van der Waals surface area contributed by atoms with Gasteiger partial charge in [0.1, 0.15) is 5.69 Å². The summed E-state index contributed by atoms with van der Waals surface area (Å²) in [6.07, 6.45) is 5.89. The Kier molecular flexibility index (Phi) is 8.72. The molecule has 1 aromatic heterocycles. The minimum Gasteiger partial charge on any atom is -0.334 e. The Morgan fingerprint density at radius 2 is 2.16 bits per heavy atom. The number of aromatic nitrogens is 1. The number of amides is 1. The predicted molar refractivity (Wildman–Crippen MR) is 81.1 cm³/mol. The number of nitrogens with zero attached hydrogens (tertiary/aromatic N) is 2. The molecule has 0 aliphatic carbocycles. The number of rotatable bonds is 3. The first-order chi connectivity index (χ1) is 8.33. The standard InChI is InChI=1S/C13H19N3O.2ClH/c14-8-7-11-5-2-4-10-16(11)13(17)12-6-1-3-9-15-12;;/h1,3,6,9,11H,2,4-5,7-8,10,14H2;2*1H. The van der Waals surface area contributed by atoms with Gasteiger partial charge < -0.3 is 10.6 Å². The first-order valence-electron chi connectivity index (χ1n) is 6.25. The van der Waals surface area contributed by atoms with Crippen molar-refractivity contribution in [2.75, 3.05) is 13.1 Å². The highest BCUT2D eigenvalue weighted by Crippen LogP contribution is 2.20. The predicted octanol–water partition coefficient (Wildman–Crippen LogP) is 2.27. The number of hydrogen-bond donors (Lipinski definition) is 1. The Bertz CT molecular complexity index is 373. The van der Waals surface area contributed by atoms with Crippen LogP contribution in [0.1, 0.15) is 36.2 Å². The van der Waals surface area contributed by atoms with Crippen LogP contribution in [0.25, 0.3) is 0 Å². The summed E-state index contributed by atoms with van der Waals surface area (Å²) in [5.41, 5.74) is 6.15. The normalized spacial score (nSPS) is 18.2. The Hall–Kier alpha value is -0.840. The van der Waals surface area contributed by atoms with Crippen molar-refractivity contribution in [3.63, 3.8) is 0 Å². The summed E-state index contributed by atoms with van der Waals surface area (Å²) in [6, 6.07) is 5.74. The third-order valence-corrected chi connectivity index (χ3v) is 3.27. The van der Waals surface area contributed by atoms with Crippen LogP contribution in [0.3, 0.4) is 0 Å². The summed E-state index contributed by atoms with van der Waals surface area (Å²) in [7, 11) is 0. The van der Waals surface area contributed by atoms with Crippen molar-refractivity contribution in [2.24, 2.45) is 5.73 Å². The van der Waals surface area contributed by atoms with Gasteiger partial charge >= 0.3 is 0 Å². The lowest BCUT2D eigenvalue weighted by atomic mass is 9.99. The molecule has 1 aliphatic rings. The van der Waals surface area contributed by atoms with Gasteiger partial charge in [-0.15, -0.1) is 24.8 Å². The van der Waals surface area contributed by atoms with E-state index in [1.165, 1.54) is 6.42 Å². The van der Waals surface area contributed by atoms with Gasteiger partial charge in [-0.25, -0.2) is 0 Å². The SMILES string of the molecule is Cl.Cl.NCCC1CCCCN1C(=O)c1ccccn1. The third kappa shape index (κ3) is 4.64. The monoisotopic (exact) mass is 305 g/mol. The molecule has 1 unspecified atom stereocenters. The largest absolute Gasteiger partial charge is 0.334 e. The van der Waals surface area contributed by atoms with Gasteiger partial charge in [-0.2, -0.15) is 0 Å². The highest BCUT2D eigenvalue weighted by molar-refractivity contribution is 5.92. The molecule has 108 valence electrons. The number of nitrogens with two attached hydrogens (primary N) is 1. The molecule has 2 N–H and O–H groups in total. The van der Waals surface area contributed by atoms with Crippen molar-refractivity contribution >= 4 is 30.7 Å². The van der Waals surface area contributed by atoms with Crippen molar-refractivity contribution in [2.45, 2.75) is 31.7 Å². The summed E-state index contributed by atoms with van der Waals surface area (Å²) in [4.78, 5) is 18.4. The molecule has 1 saturated heterocycles. The second-order valence-electron chi connectivity index (χ2n) is 4.44. The fraction of sp³-hybridized carbons (Fsp3) is 0.538. The van der Waals surface area contributed by atoms with Gasteiger partial charge in [0, 0.05) is 18.8 Å². The zero-order valence-electron chi connectivity index (χ0n) is 10.8. The highest BCUT2D eigenvalue weighted by atomic mass is 35.5. The first kappa shape index (κ1) is 18.2. The van der Waals surface area contributed by atoms with Crippen LogP contribution in [0.15, 0.2) is 24.4 Å². The van der Waals surface area contributed by atoms with Crippen molar-refractivity contribution in [1.29, 1.82) is 0 Å². The molecule has 4 nitrogen and oxygen atoms in total. The first-order valence-corrected chi connectivity index (χ1v) is 6.25. The number of halogens is 2. The van der Waals surface area contributed by atoms with Gasteiger partial charge in [-0.1, -0.05) is 6.07 Å². The van der Waals surface area contributed by atoms with E-state index in [0.29, 0.717) is 18.3 Å². The van der Waals surface area contributed by atoms with E-state index in [1.54, 1.807) is 12.3 Å². The van der Waals surface area contributed by atoms with Gasteiger partial charge in [-0.3, -0.25) is 9.78 Å². The molecule has 2 heterocycles. The van der Waals surface area contributed by atoms with Crippen molar-refractivity contribution in [1.82, 2.24) is 9.88 Å². The van der Waals surface area contributed by atoms with Crippen LogP contribution in [-0.4, -0.2) is 34.9 Å². The molecule has 1 amide bonds. The maximum Gasteiger partial charge on any atom is 0.272 e. The van der Waals surface area contributed by atoms with Crippen LogP contribution < -0.4 is 5.73 Å². The Balaban J connectivity index is 0.00000162. The van der Waals surface area contributed by atoms with Crippen LogP contribution >= 0.6 is 24.8 Å². The summed E-state index contributed by atoms with van der Waals surface area (Å²) >= 11 is 0. The second kappa shape index (κ2) is 9.13. The molecule has 1 aliphatic heterocycles. The molecule has 1 aromatic rings. The average Bonchev–Trinajstić information content (AvgIpc) is 2.40. The molecule has 0 bridgehead atoms. The zero-order valence-corrected chi connectivity index (χ0v) is 12.5. The summed E-state index contributed by atoms with van der Waals surface area (Å²) in [6.45, 7) is 1.47. The van der Waals surface area contributed by atoms with E-state index in [4.69, 9.17) is 5.73 Å². The summed E-state index contributed by atoms with van der Waals surface area (Å²) in [5, 5.41) is 0. The van der Waals surface area contributed by atoms with Crippen molar-refractivity contribution in [3.05, 3.63) is 30.1 Å². The molecule has 2 rings (SSSR count). The maximum absolute atomic E-state index is 12.3. The number of likely N-dealkylation sites (tertiary alicyclic amines) is 1. The Morgan fingerprint density at radius 1 is 1.37 bits per heavy atom. The van der Waals surface area contributed by atoms with Crippen LogP contribution in [0.4, 0.5) is 0 Å². The van der Waals surface area contributed by atoms with E-state index < -0.39 is 0 Å². The van der Waals surface area contributed by atoms with Gasteiger partial charge in [0.05, 0.1) is 0 Å². The number of carbonyl (C=O) groups excluding carboxylic acids is 1. The van der Waals surface area contributed by atoms with Crippen LogP contribution in [0.5, 0.6) is 0 Å². The molecule has 0 spiro atoms. The highest BCUT2D eigenvalue weighted by Gasteiger charge is 2.27. The minimum atomic E-state index is 0. The van der Waals surface area contributed by atoms with E-state index in [1.807, 2.05) is 17.0 Å². The van der Waals surface area contributed by atoms with E-state index in [-0.39, 0.29) is 30.7 Å². The molecule has 0 radical (unpaired) electrons. The summed E-state index contributed by atoms with van der Waals surface area (Å²) < 4.78 is 0. The molecule has 1 atom stereocenters. The van der Waals surface area contributed by atoms with Crippen LogP contribution in [0.2, 0.25) is 0 Å². The molecular weight excluding hydrogens is 285 g/mol.